The molecule has 0 unspecified atom stereocenters. The zero-order valence-electron chi connectivity index (χ0n) is 14.1. The maximum atomic E-state index is 5.98. The number of nitrogens with two attached hydrogens (primary N) is 1. The van der Waals surface area contributed by atoms with Gasteiger partial charge in [-0.2, -0.15) is 0 Å². The Balaban J connectivity index is 2.16. The molecule has 0 aliphatic carbocycles. The van der Waals surface area contributed by atoms with Crippen LogP contribution in [0.4, 0.5) is 11.6 Å². The van der Waals surface area contributed by atoms with Gasteiger partial charge in [-0.3, -0.25) is 0 Å². The molecule has 5 nitrogen and oxygen atoms in total. The van der Waals surface area contributed by atoms with E-state index >= 15 is 0 Å². The minimum Gasteiger partial charge on any atom is -0.384 e. The molecular formula is C16H29N5. The molecule has 1 aliphatic heterocycles. The van der Waals surface area contributed by atoms with Gasteiger partial charge in [0.15, 0.2) is 0 Å². The van der Waals surface area contributed by atoms with Crippen molar-refractivity contribution in [2.75, 3.05) is 37.3 Å². The number of likely N-dealkylation sites (tertiary alicyclic amines) is 1. The molecule has 118 valence electrons. The Morgan fingerprint density at radius 2 is 1.90 bits per heavy atom. The summed E-state index contributed by atoms with van der Waals surface area (Å²) in [6.45, 7) is 12.0. The molecule has 1 fully saturated rings. The van der Waals surface area contributed by atoms with E-state index in [2.05, 4.69) is 49.5 Å². The highest BCUT2D eigenvalue weighted by Gasteiger charge is 2.25. The van der Waals surface area contributed by atoms with Gasteiger partial charge in [0.05, 0.1) is 0 Å². The van der Waals surface area contributed by atoms with Crippen LogP contribution in [0.15, 0.2) is 6.07 Å². The van der Waals surface area contributed by atoms with Crippen molar-refractivity contribution in [2.45, 2.75) is 52.0 Å². The Morgan fingerprint density at radius 1 is 1.29 bits per heavy atom. The Hall–Kier alpha value is -1.36. The average molecular weight is 291 g/mol. The van der Waals surface area contributed by atoms with E-state index in [0.29, 0.717) is 11.9 Å². The molecule has 0 amide bonds. The molecule has 21 heavy (non-hydrogen) atoms. The Kier molecular flexibility index (Phi) is 4.71. The van der Waals surface area contributed by atoms with Gasteiger partial charge in [-0.1, -0.05) is 27.7 Å². The second-order valence-electron chi connectivity index (χ2n) is 7.00. The molecule has 2 heterocycles. The summed E-state index contributed by atoms with van der Waals surface area (Å²) in [5.74, 6) is 2.32. The fraction of sp³-hybridized carbons (Fsp3) is 0.750. The molecule has 0 radical (unpaired) electrons. The van der Waals surface area contributed by atoms with Crippen LogP contribution in [0.5, 0.6) is 0 Å². The maximum Gasteiger partial charge on any atom is 0.138 e. The minimum atomic E-state index is -0.0868. The highest BCUT2D eigenvalue weighted by molar-refractivity contribution is 5.48. The zero-order valence-corrected chi connectivity index (χ0v) is 14.1. The highest BCUT2D eigenvalue weighted by atomic mass is 15.2. The summed E-state index contributed by atoms with van der Waals surface area (Å²) in [5, 5.41) is 0. The topological polar surface area (TPSA) is 58.3 Å². The number of nitrogens with zero attached hydrogens (tertiary/aromatic N) is 4. The Labute approximate surface area is 128 Å². The number of piperidine rings is 1. The molecule has 2 rings (SSSR count). The summed E-state index contributed by atoms with van der Waals surface area (Å²) in [6, 6.07) is 2.43. The third-order valence-electron chi connectivity index (χ3n) is 4.32. The van der Waals surface area contributed by atoms with Crippen LogP contribution in [-0.2, 0) is 5.41 Å². The molecule has 2 N–H and O–H groups in total. The first-order valence-electron chi connectivity index (χ1n) is 7.91. The molecule has 0 saturated carbocycles. The van der Waals surface area contributed by atoms with Crippen LogP contribution < -0.4 is 10.6 Å². The van der Waals surface area contributed by atoms with Crippen molar-refractivity contribution in [2.24, 2.45) is 0 Å². The lowest BCUT2D eigenvalue weighted by atomic mass is 9.95. The SMILES string of the molecule is CCN1CCC(N(C)c2cc(N)nc(C(C)(C)C)n2)CC1. The van der Waals surface area contributed by atoms with Gasteiger partial charge in [-0.25, -0.2) is 9.97 Å². The van der Waals surface area contributed by atoms with Crippen molar-refractivity contribution in [3.63, 3.8) is 0 Å². The number of nitrogen functional groups attached to an aromatic ring is 1. The van der Waals surface area contributed by atoms with Crippen molar-refractivity contribution >= 4 is 11.6 Å². The predicted molar refractivity (Wildman–Crippen MR) is 88.7 cm³/mol. The van der Waals surface area contributed by atoms with Crippen LogP contribution >= 0.6 is 0 Å². The Morgan fingerprint density at radius 3 is 2.43 bits per heavy atom. The third kappa shape index (κ3) is 3.84. The molecule has 1 aromatic rings. The van der Waals surface area contributed by atoms with E-state index in [1.165, 1.54) is 12.8 Å². The van der Waals surface area contributed by atoms with Gasteiger partial charge in [-0.05, 0) is 19.4 Å². The van der Waals surface area contributed by atoms with Crippen LogP contribution in [0.3, 0.4) is 0 Å². The summed E-state index contributed by atoms with van der Waals surface area (Å²) in [4.78, 5) is 13.9. The van der Waals surface area contributed by atoms with Gasteiger partial charge in [0.1, 0.15) is 17.5 Å². The van der Waals surface area contributed by atoms with Crippen molar-refractivity contribution < 1.29 is 0 Å². The molecular weight excluding hydrogens is 262 g/mol. The van der Waals surface area contributed by atoms with Crippen LogP contribution in [0.2, 0.25) is 0 Å². The number of hydrogen-bond donors (Lipinski definition) is 1. The first kappa shape index (κ1) is 16.0. The average Bonchev–Trinajstić information content (AvgIpc) is 2.45. The second-order valence-corrected chi connectivity index (χ2v) is 7.00. The minimum absolute atomic E-state index is 0.0868. The summed E-state index contributed by atoms with van der Waals surface area (Å²) in [6.07, 6.45) is 2.36. The molecule has 0 aromatic carbocycles. The van der Waals surface area contributed by atoms with Gasteiger partial charge in [0.2, 0.25) is 0 Å². The maximum absolute atomic E-state index is 5.98. The van der Waals surface area contributed by atoms with Gasteiger partial charge in [0.25, 0.3) is 0 Å². The number of rotatable bonds is 3. The van der Waals surface area contributed by atoms with E-state index < -0.39 is 0 Å². The summed E-state index contributed by atoms with van der Waals surface area (Å²) < 4.78 is 0. The molecule has 1 aliphatic rings. The quantitative estimate of drug-likeness (QED) is 0.926. The molecule has 0 spiro atoms. The monoisotopic (exact) mass is 291 g/mol. The van der Waals surface area contributed by atoms with Crippen molar-refractivity contribution in [1.29, 1.82) is 0 Å². The first-order chi connectivity index (χ1) is 9.81. The van der Waals surface area contributed by atoms with E-state index in [0.717, 1.165) is 31.3 Å². The lowest BCUT2D eigenvalue weighted by Gasteiger charge is -2.37. The van der Waals surface area contributed by atoms with Gasteiger partial charge in [0, 0.05) is 37.7 Å². The van der Waals surface area contributed by atoms with Crippen LogP contribution in [0.1, 0.15) is 46.4 Å². The van der Waals surface area contributed by atoms with E-state index in [4.69, 9.17) is 10.7 Å². The predicted octanol–water partition coefficient (Wildman–Crippen LogP) is 2.28. The smallest absolute Gasteiger partial charge is 0.138 e. The zero-order chi connectivity index (χ0) is 15.6. The third-order valence-corrected chi connectivity index (χ3v) is 4.32. The van der Waals surface area contributed by atoms with Gasteiger partial charge >= 0.3 is 0 Å². The standard InChI is InChI=1S/C16H29N5/c1-6-21-9-7-12(8-10-21)20(5)14-11-13(17)18-15(19-14)16(2,3)4/h11-12H,6-10H2,1-5H3,(H2,17,18,19). The van der Waals surface area contributed by atoms with Crippen molar-refractivity contribution in [1.82, 2.24) is 14.9 Å². The highest BCUT2D eigenvalue weighted by Crippen LogP contribution is 2.25. The fourth-order valence-electron chi connectivity index (χ4n) is 2.78. The van der Waals surface area contributed by atoms with E-state index in [1.54, 1.807) is 0 Å². The van der Waals surface area contributed by atoms with E-state index in [9.17, 15) is 0 Å². The van der Waals surface area contributed by atoms with Crippen LogP contribution in [0.25, 0.3) is 0 Å². The van der Waals surface area contributed by atoms with Gasteiger partial charge in [-0.15, -0.1) is 0 Å². The van der Waals surface area contributed by atoms with Crippen molar-refractivity contribution in [3.8, 4) is 0 Å². The summed E-state index contributed by atoms with van der Waals surface area (Å²) in [5.41, 5.74) is 5.89. The molecule has 1 saturated heterocycles. The van der Waals surface area contributed by atoms with E-state index in [1.807, 2.05) is 6.07 Å². The number of anilines is 2. The molecule has 0 atom stereocenters. The molecule has 5 heteroatoms. The first-order valence-corrected chi connectivity index (χ1v) is 7.91. The lowest BCUT2D eigenvalue weighted by Crippen LogP contribution is -2.43. The van der Waals surface area contributed by atoms with E-state index in [-0.39, 0.29) is 5.41 Å². The van der Waals surface area contributed by atoms with Crippen LogP contribution in [0, 0.1) is 0 Å². The van der Waals surface area contributed by atoms with Gasteiger partial charge < -0.3 is 15.5 Å². The van der Waals surface area contributed by atoms with Crippen LogP contribution in [-0.4, -0.2) is 47.6 Å². The largest absolute Gasteiger partial charge is 0.384 e. The number of hydrogen-bond acceptors (Lipinski definition) is 5. The second kappa shape index (κ2) is 6.18. The normalized spacial score (nSPS) is 18.0. The van der Waals surface area contributed by atoms with Crippen molar-refractivity contribution in [3.05, 3.63) is 11.9 Å². The summed E-state index contributed by atoms with van der Waals surface area (Å²) in [7, 11) is 2.13. The Bertz CT molecular complexity index is 472. The number of aromatic nitrogens is 2. The molecule has 1 aromatic heterocycles. The summed E-state index contributed by atoms with van der Waals surface area (Å²) >= 11 is 0. The fourth-order valence-corrected chi connectivity index (χ4v) is 2.78. The molecule has 0 bridgehead atoms. The lowest BCUT2D eigenvalue weighted by molar-refractivity contribution is 0.220.